The van der Waals surface area contributed by atoms with Gasteiger partial charge in [-0.05, 0) is 36.5 Å². The SMILES string of the molecule is O=C1NC(=O)C(CCC(=O)N2CCc3cccc(F)c3CC2)N1. The molecule has 4 amide bonds. The van der Waals surface area contributed by atoms with E-state index in [9.17, 15) is 18.8 Å². The predicted molar refractivity (Wildman–Crippen MR) is 80.1 cm³/mol. The summed E-state index contributed by atoms with van der Waals surface area (Å²) in [6.07, 6.45) is 1.57. The molecule has 1 aromatic carbocycles. The summed E-state index contributed by atoms with van der Waals surface area (Å²) in [5.41, 5.74) is 1.63. The van der Waals surface area contributed by atoms with Crippen LogP contribution in [0.3, 0.4) is 0 Å². The lowest BCUT2D eigenvalue weighted by molar-refractivity contribution is -0.131. The molecule has 3 rings (SSSR count). The van der Waals surface area contributed by atoms with E-state index in [0.717, 1.165) is 5.56 Å². The molecule has 1 fully saturated rings. The van der Waals surface area contributed by atoms with Gasteiger partial charge in [0.1, 0.15) is 11.9 Å². The number of hydrogen-bond acceptors (Lipinski definition) is 3. The molecule has 0 radical (unpaired) electrons. The first-order chi connectivity index (χ1) is 11.0. The summed E-state index contributed by atoms with van der Waals surface area (Å²) < 4.78 is 13.8. The highest BCUT2D eigenvalue weighted by molar-refractivity contribution is 6.04. The van der Waals surface area contributed by atoms with Crippen molar-refractivity contribution in [3.05, 3.63) is 35.1 Å². The number of rotatable bonds is 3. The minimum Gasteiger partial charge on any atom is -0.342 e. The zero-order valence-electron chi connectivity index (χ0n) is 12.6. The van der Waals surface area contributed by atoms with Crippen LogP contribution in [0.2, 0.25) is 0 Å². The molecule has 1 unspecified atom stereocenters. The Morgan fingerprint density at radius 3 is 2.78 bits per heavy atom. The molecule has 1 aromatic rings. The molecular formula is C16H18FN3O3. The van der Waals surface area contributed by atoms with Crippen molar-refractivity contribution in [1.82, 2.24) is 15.5 Å². The standard InChI is InChI=1S/C16H18FN3O3/c17-12-3-1-2-10-6-8-20(9-7-11(10)12)14(21)5-4-13-15(22)19-16(23)18-13/h1-3,13H,4-9H2,(H2,18,19,22,23). The Morgan fingerprint density at radius 1 is 1.26 bits per heavy atom. The fourth-order valence-electron chi connectivity index (χ4n) is 3.07. The van der Waals surface area contributed by atoms with Gasteiger partial charge in [-0.15, -0.1) is 0 Å². The van der Waals surface area contributed by atoms with Crippen molar-refractivity contribution in [1.29, 1.82) is 0 Å². The number of nitrogens with one attached hydrogen (secondary N) is 2. The van der Waals surface area contributed by atoms with Gasteiger partial charge >= 0.3 is 6.03 Å². The highest BCUT2D eigenvalue weighted by Gasteiger charge is 2.30. The molecule has 2 aliphatic rings. The van der Waals surface area contributed by atoms with Gasteiger partial charge in [0.25, 0.3) is 5.91 Å². The van der Waals surface area contributed by atoms with Gasteiger partial charge in [0, 0.05) is 19.5 Å². The van der Waals surface area contributed by atoms with Crippen molar-refractivity contribution in [3.8, 4) is 0 Å². The second-order valence-electron chi connectivity index (χ2n) is 5.81. The molecule has 7 heteroatoms. The maximum Gasteiger partial charge on any atom is 0.322 e. The van der Waals surface area contributed by atoms with E-state index < -0.39 is 18.0 Å². The Hall–Kier alpha value is -2.44. The molecule has 0 aromatic heterocycles. The van der Waals surface area contributed by atoms with Gasteiger partial charge in [0.2, 0.25) is 5.91 Å². The van der Waals surface area contributed by atoms with Gasteiger partial charge < -0.3 is 10.2 Å². The summed E-state index contributed by atoms with van der Waals surface area (Å²) in [7, 11) is 0. The number of amides is 4. The third-order valence-electron chi connectivity index (χ3n) is 4.36. The molecule has 0 bridgehead atoms. The highest BCUT2D eigenvalue weighted by atomic mass is 19.1. The Kier molecular flexibility index (Phi) is 4.27. The molecule has 2 heterocycles. The van der Waals surface area contributed by atoms with Crippen molar-refractivity contribution >= 4 is 17.8 Å². The van der Waals surface area contributed by atoms with Crippen LogP contribution in [-0.4, -0.2) is 41.9 Å². The first kappa shape index (κ1) is 15.5. The first-order valence-electron chi connectivity index (χ1n) is 7.70. The largest absolute Gasteiger partial charge is 0.342 e. The highest BCUT2D eigenvalue weighted by Crippen LogP contribution is 2.19. The smallest absolute Gasteiger partial charge is 0.322 e. The maximum absolute atomic E-state index is 13.8. The number of urea groups is 1. The van der Waals surface area contributed by atoms with Crippen molar-refractivity contribution in [3.63, 3.8) is 0 Å². The van der Waals surface area contributed by atoms with Crippen molar-refractivity contribution in [2.75, 3.05) is 13.1 Å². The van der Waals surface area contributed by atoms with Crippen molar-refractivity contribution < 1.29 is 18.8 Å². The monoisotopic (exact) mass is 319 g/mol. The Morgan fingerprint density at radius 2 is 2.04 bits per heavy atom. The van der Waals surface area contributed by atoms with E-state index in [1.165, 1.54) is 6.07 Å². The lowest BCUT2D eigenvalue weighted by Crippen LogP contribution is -2.36. The van der Waals surface area contributed by atoms with Crippen LogP contribution in [0, 0.1) is 5.82 Å². The number of imide groups is 1. The third-order valence-corrected chi connectivity index (χ3v) is 4.36. The number of benzene rings is 1. The minimum absolute atomic E-state index is 0.0767. The van der Waals surface area contributed by atoms with E-state index in [-0.39, 0.29) is 24.6 Å². The first-order valence-corrected chi connectivity index (χ1v) is 7.70. The quantitative estimate of drug-likeness (QED) is 0.807. The molecule has 0 aliphatic carbocycles. The molecule has 23 heavy (non-hydrogen) atoms. The van der Waals surface area contributed by atoms with E-state index in [2.05, 4.69) is 10.6 Å². The molecule has 0 spiro atoms. The van der Waals surface area contributed by atoms with E-state index >= 15 is 0 Å². The fourth-order valence-corrected chi connectivity index (χ4v) is 3.07. The molecule has 2 N–H and O–H groups in total. The molecule has 1 atom stereocenters. The molecule has 122 valence electrons. The number of fused-ring (bicyclic) bond motifs is 1. The Labute approximate surface area is 133 Å². The molecule has 2 aliphatic heterocycles. The molecule has 6 nitrogen and oxygen atoms in total. The summed E-state index contributed by atoms with van der Waals surface area (Å²) >= 11 is 0. The second kappa shape index (κ2) is 6.36. The fraction of sp³-hybridized carbons (Fsp3) is 0.438. The Bertz CT molecular complexity index is 662. The van der Waals surface area contributed by atoms with E-state index in [4.69, 9.17) is 0 Å². The second-order valence-corrected chi connectivity index (χ2v) is 5.81. The topological polar surface area (TPSA) is 78.5 Å². The van der Waals surface area contributed by atoms with E-state index in [1.54, 1.807) is 11.0 Å². The number of carbonyl (C=O) groups is 3. The number of nitrogens with zero attached hydrogens (tertiary/aromatic N) is 1. The van der Waals surface area contributed by atoms with Crippen LogP contribution in [0.25, 0.3) is 0 Å². The van der Waals surface area contributed by atoms with Crippen LogP contribution >= 0.6 is 0 Å². The van der Waals surface area contributed by atoms with Crippen molar-refractivity contribution in [2.24, 2.45) is 0 Å². The average Bonchev–Trinajstić information content (AvgIpc) is 2.73. The van der Waals surface area contributed by atoms with Gasteiger partial charge in [-0.2, -0.15) is 0 Å². The summed E-state index contributed by atoms with van der Waals surface area (Å²) in [5, 5.41) is 4.62. The van der Waals surface area contributed by atoms with Gasteiger partial charge in [0.15, 0.2) is 0 Å². The van der Waals surface area contributed by atoms with Crippen LogP contribution in [0.15, 0.2) is 18.2 Å². The van der Waals surface area contributed by atoms with Crippen LogP contribution in [-0.2, 0) is 22.4 Å². The molecule has 0 saturated carbocycles. The van der Waals surface area contributed by atoms with E-state index in [0.29, 0.717) is 31.5 Å². The number of hydrogen-bond donors (Lipinski definition) is 2. The molecule has 1 saturated heterocycles. The van der Waals surface area contributed by atoms with Gasteiger partial charge in [-0.25, -0.2) is 9.18 Å². The lowest BCUT2D eigenvalue weighted by atomic mass is 10.0. The van der Waals surface area contributed by atoms with E-state index in [1.807, 2.05) is 6.07 Å². The predicted octanol–water partition coefficient (Wildman–Crippen LogP) is 0.741. The number of halogens is 1. The van der Waals surface area contributed by atoms with Crippen LogP contribution in [0.1, 0.15) is 24.0 Å². The summed E-state index contributed by atoms with van der Waals surface area (Å²) in [4.78, 5) is 36.5. The van der Waals surface area contributed by atoms with Crippen LogP contribution in [0.5, 0.6) is 0 Å². The summed E-state index contributed by atoms with van der Waals surface area (Å²) in [5.74, 6) is -0.692. The average molecular weight is 319 g/mol. The zero-order chi connectivity index (χ0) is 16.4. The van der Waals surface area contributed by atoms with Gasteiger partial charge in [0.05, 0.1) is 0 Å². The number of carbonyl (C=O) groups excluding carboxylic acids is 3. The van der Waals surface area contributed by atoms with Crippen LogP contribution < -0.4 is 10.6 Å². The van der Waals surface area contributed by atoms with Gasteiger partial charge in [-0.3, -0.25) is 14.9 Å². The van der Waals surface area contributed by atoms with Crippen molar-refractivity contribution in [2.45, 2.75) is 31.7 Å². The lowest BCUT2D eigenvalue weighted by Gasteiger charge is -2.20. The van der Waals surface area contributed by atoms with Crippen LogP contribution in [0.4, 0.5) is 9.18 Å². The third kappa shape index (κ3) is 3.33. The van der Waals surface area contributed by atoms with Gasteiger partial charge in [-0.1, -0.05) is 12.1 Å². The summed E-state index contributed by atoms with van der Waals surface area (Å²) in [6.45, 7) is 1.01. The molecular weight excluding hydrogens is 301 g/mol. The zero-order valence-corrected chi connectivity index (χ0v) is 12.6. The maximum atomic E-state index is 13.8. The summed E-state index contributed by atoms with van der Waals surface area (Å²) in [6, 6.07) is 3.86. The minimum atomic E-state index is -0.645. The Balaban J connectivity index is 1.56. The normalized spacial score (nSPS) is 20.6.